The highest BCUT2D eigenvalue weighted by molar-refractivity contribution is 9.10. The van der Waals surface area contributed by atoms with Gasteiger partial charge in [-0.3, -0.25) is 0 Å². The molecule has 2 aromatic rings. The Morgan fingerprint density at radius 3 is 2.92 bits per heavy atom. The number of aryl methyl sites for hydroxylation is 1. The van der Waals surface area contributed by atoms with Gasteiger partial charge in [0.05, 0.1) is 0 Å². The van der Waals surface area contributed by atoms with Gasteiger partial charge in [0, 0.05) is 15.1 Å². The zero-order valence-corrected chi connectivity index (χ0v) is 10.3. The second kappa shape index (κ2) is 3.60. The number of thiophene rings is 1. The van der Waals surface area contributed by atoms with Crippen LogP contribution in [0.4, 0.5) is 0 Å². The van der Waals surface area contributed by atoms with E-state index in [0.717, 1.165) is 10.0 Å². The van der Waals surface area contributed by atoms with Gasteiger partial charge in [0.1, 0.15) is 0 Å². The molecule has 0 N–H and O–H groups in total. The second-order valence-corrected chi connectivity index (χ2v) is 5.02. The summed E-state index contributed by atoms with van der Waals surface area (Å²) in [6.07, 6.45) is 0. The van der Waals surface area contributed by atoms with Gasteiger partial charge in [-0.2, -0.15) is 0 Å². The zero-order valence-electron chi connectivity index (χ0n) is 7.10. The first-order valence-corrected chi connectivity index (χ1v) is 6.15. The van der Waals surface area contributed by atoms with Crippen LogP contribution in [-0.4, -0.2) is 0 Å². The van der Waals surface area contributed by atoms with Gasteiger partial charge >= 0.3 is 0 Å². The first-order valence-electron chi connectivity index (χ1n) is 3.94. The average molecular weight is 276 g/mol. The molecule has 1 aromatic carbocycles. The van der Waals surface area contributed by atoms with Crippen LogP contribution in [0, 0.1) is 6.92 Å². The molecule has 0 radical (unpaired) electrons. The first kappa shape index (κ1) is 9.50. The molecule has 0 spiro atoms. The van der Waals surface area contributed by atoms with Crippen LogP contribution in [0.2, 0.25) is 0 Å². The Balaban J connectivity index is 2.77. The van der Waals surface area contributed by atoms with Gasteiger partial charge in [0.2, 0.25) is 0 Å². The van der Waals surface area contributed by atoms with Gasteiger partial charge in [0.25, 0.3) is 0 Å². The van der Waals surface area contributed by atoms with Gasteiger partial charge in [0.15, 0.2) is 0 Å². The molecule has 68 valence electrons. The van der Waals surface area contributed by atoms with Crippen LogP contribution in [0.1, 0.15) is 11.1 Å². The lowest BCUT2D eigenvalue weighted by Crippen LogP contribution is -1.80. The van der Waals surface area contributed by atoms with E-state index in [1.807, 2.05) is 0 Å². The Bertz CT molecular complexity index is 447. The normalized spacial score (nSPS) is 11.0. The van der Waals surface area contributed by atoms with E-state index in [1.54, 1.807) is 11.3 Å². The number of rotatable bonds is 1. The van der Waals surface area contributed by atoms with Gasteiger partial charge in [-0.1, -0.05) is 15.9 Å². The Morgan fingerprint density at radius 2 is 2.23 bits per heavy atom. The predicted molar refractivity (Wildman–Crippen MR) is 63.8 cm³/mol. The van der Waals surface area contributed by atoms with Crippen LogP contribution in [0.5, 0.6) is 0 Å². The summed E-state index contributed by atoms with van der Waals surface area (Å²) < 4.78 is 2.43. The van der Waals surface area contributed by atoms with Crippen LogP contribution < -0.4 is 0 Å². The maximum absolute atomic E-state index is 5.83. The Labute approximate surface area is 94.7 Å². The van der Waals surface area contributed by atoms with E-state index in [9.17, 15) is 0 Å². The molecule has 0 atom stereocenters. The fraction of sp³-hybridized carbons (Fsp3) is 0.200. The molecule has 0 unspecified atom stereocenters. The molecule has 13 heavy (non-hydrogen) atoms. The van der Waals surface area contributed by atoms with E-state index in [0.29, 0.717) is 5.88 Å². The van der Waals surface area contributed by atoms with Gasteiger partial charge in [-0.25, -0.2) is 0 Å². The van der Waals surface area contributed by atoms with Crippen molar-refractivity contribution in [2.75, 3.05) is 0 Å². The molecule has 1 aromatic heterocycles. The number of hydrogen-bond donors (Lipinski definition) is 0. The quantitative estimate of drug-likeness (QED) is 0.661. The summed E-state index contributed by atoms with van der Waals surface area (Å²) in [5.41, 5.74) is 2.49. The van der Waals surface area contributed by atoms with Crippen molar-refractivity contribution in [3.63, 3.8) is 0 Å². The van der Waals surface area contributed by atoms with Crippen LogP contribution in [0.15, 0.2) is 22.0 Å². The fourth-order valence-corrected chi connectivity index (χ4v) is 3.30. The molecule has 1 heterocycles. The van der Waals surface area contributed by atoms with Crippen LogP contribution in [-0.2, 0) is 5.88 Å². The Kier molecular flexibility index (Phi) is 2.63. The highest BCUT2D eigenvalue weighted by Crippen LogP contribution is 2.31. The van der Waals surface area contributed by atoms with Crippen molar-refractivity contribution < 1.29 is 0 Å². The Morgan fingerprint density at radius 1 is 1.46 bits per heavy atom. The fourth-order valence-electron chi connectivity index (χ4n) is 1.32. The monoisotopic (exact) mass is 274 g/mol. The third-order valence-electron chi connectivity index (χ3n) is 2.08. The van der Waals surface area contributed by atoms with Crippen molar-refractivity contribution in [2.45, 2.75) is 12.8 Å². The second-order valence-electron chi connectivity index (χ2n) is 2.99. The Hall–Kier alpha value is -0.0500. The smallest absolute Gasteiger partial charge is 0.0485 e. The number of fused-ring (bicyclic) bond motifs is 1. The summed E-state index contributed by atoms with van der Waals surface area (Å²) in [4.78, 5) is 0. The molecule has 2 rings (SSSR count). The van der Waals surface area contributed by atoms with E-state index in [1.165, 1.54) is 15.6 Å². The van der Waals surface area contributed by atoms with Crippen molar-refractivity contribution in [3.05, 3.63) is 33.1 Å². The van der Waals surface area contributed by atoms with E-state index in [2.05, 4.69) is 40.4 Å². The lowest BCUT2D eigenvalue weighted by Gasteiger charge is -2.00. The summed E-state index contributed by atoms with van der Waals surface area (Å²) in [5.74, 6) is 0.561. The third-order valence-corrected chi connectivity index (χ3v) is 4.17. The number of hydrogen-bond acceptors (Lipinski definition) is 1. The largest absolute Gasteiger partial charge is 0.143 e. The third kappa shape index (κ3) is 1.63. The van der Waals surface area contributed by atoms with Gasteiger partial charge < -0.3 is 0 Å². The lowest BCUT2D eigenvalue weighted by atomic mass is 10.1. The molecular weight excluding hydrogens is 268 g/mol. The maximum Gasteiger partial charge on any atom is 0.0485 e. The zero-order chi connectivity index (χ0) is 9.42. The minimum Gasteiger partial charge on any atom is -0.143 e. The van der Waals surface area contributed by atoms with E-state index < -0.39 is 0 Å². The minimum atomic E-state index is 0.561. The number of alkyl halides is 1. The highest BCUT2D eigenvalue weighted by Gasteiger charge is 2.04. The molecule has 0 fully saturated rings. The maximum atomic E-state index is 5.83. The molecule has 0 bridgehead atoms. The van der Waals surface area contributed by atoms with Crippen LogP contribution >= 0.6 is 38.9 Å². The predicted octanol–water partition coefficient (Wildman–Crippen LogP) is 4.71. The van der Waals surface area contributed by atoms with Crippen molar-refractivity contribution in [3.8, 4) is 0 Å². The van der Waals surface area contributed by atoms with Crippen LogP contribution in [0.3, 0.4) is 0 Å². The van der Waals surface area contributed by atoms with Crippen LogP contribution in [0.25, 0.3) is 10.1 Å². The van der Waals surface area contributed by atoms with Crippen molar-refractivity contribution in [2.24, 2.45) is 0 Å². The molecule has 3 heteroatoms. The molecule has 0 saturated heterocycles. The summed E-state index contributed by atoms with van der Waals surface area (Å²) in [5, 5.41) is 3.50. The molecule has 0 aliphatic carbocycles. The van der Waals surface area contributed by atoms with E-state index >= 15 is 0 Å². The van der Waals surface area contributed by atoms with Crippen molar-refractivity contribution >= 4 is 49.0 Å². The minimum absolute atomic E-state index is 0.561. The SMILES string of the molecule is Cc1csc2cc(Br)c(CCl)cc12. The molecule has 0 amide bonds. The average Bonchev–Trinajstić information content (AvgIpc) is 2.46. The molecular formula is C10H8BrClS. The first-order chi connectivity index (χ1) is 6.22. The molecule has 0 saturated carbocycles. The number of halogens is 2. The summed E-state index contributed by atoms with van der Waals surface area (Å²) in [7, 11) is 0. The summed E-state index contributed by atoms with van der Waals surface area (Å²) in [6.45, 7) is 2.13. The molecule has 0 aliphatic rings. The topological polar surface area (TPSA) is 0 Å². The van der Waals surface area contributed by atoms with E-state index in [4.69, 9.17) is 11.6 Å². The van der Waals surface area contributed by atoms with E-state index in [-0.39, 0.29) is 0 Å². The van der Waals surface area contributed by atoms with Crippen molar-refractivity contribution in [1.82, 2.24) is 0 Å². The van der Waals surface area contributed by atoms with Crippen molar-refractivity contribution in [1.29, 1.82) is 0 Å². The molecule has 0 nitrogen and oxygen atoms in total. The lowest BCUT2D eigenvalue weighted by molar-refractivity contribution is 1.39. The van der Waals surface area contributed by atoms with Gasteiger partial charge in [-0.15, -0.1) is 22.9 Å². The summed E-state index contributed by atoms with van der Waals surface area (Å²) in [6, 6.07) is 4.31. The standard InChI is InChI=1S/C10H8BrClS/c1-6-5-13-10-3-9(11)7(4-12)2-8(6)10/h2-3,5H,4H2,1H3. The number of benzene rings is 1. The summed E-state index contributed by atoms with van der Waals surface area (Å²) >= 11 is 11.1. The highest BCUT2D eigenvalue weighted by atomic mass is 79.9. The molecule has 0 aliphatic heterocycles. The van der Waals surface area contributed by atoms with Gasteiger partial charge in [-0.05, 0) is 40.9 Å².